The highest BCUT2D eigenvalue weighted by atomic mass is 32.2. The van der Waals surface area contributed by atoms with E-state index in [1.165, 1.54) is 37.6 Å². The van der Waals surface area contributed by atoms with Gasteiger partial charge in [0.15, 0.2) is 17.3 Å². The number of Topliss-reactive ketones (excluding diaryl/α,β-unsaturated/α-hetero) is 1. The molecule has 0 atom stereocenters. The van der Waals surface area contributed by atoms with Crippen molar-refractivity contribution in [2.45, 2.75) is 18.4 Å². The summed E-state index contributed by atoms with van der Waals surface area (Å²) in [7, 11) is -1.01. The van der Waals surface area contributed by atoms with Gasteiger partial charge in [0.2, 0.25) is 0 Å². The number of sulfonamides is 1. The minimum absolute atomic E-state index is 0.0502. The van der Waals surface area contributed by atoms with Gasteiger partial charge in [0.05, 0.1) is 31.3 Å². The standard InChI is InChI=1S/C25H25NO7S/c1-17(27)18-4-10-23(31-3)19(14-18)16-26(20-5-7-21(30-2)8-6-20)34(28,29)22-9-11-24-25(15-22)33-13-12-32-24/h4-11,14-15H,12-13,16H2,1-3H3. The fraction of sp³-hybridized carbons (Fsp3) is 0.240. The number of hydrogen-bond acceptors (Lipinski definition) is 7. The summed E-state index contributed by atoms with van der Waals surface area (Å²) in [5, 5.41) is 0. The van der Waals surface area contributed by atoms with Crippen LogP contribution in [0.25, 0.3) is 0 Å². The van der Waals surface area contributed by atoms with Crippen molar-refractivity contribution < 1.29 is 32.2 Å². The van der Waals surface area contributed by atoms with Gasteiger partial charge < -0.3 is 18.9 Å². The Morgan fingerprint density at radius 2 is 1.62 bits per heavy atom. The van der Waals surface area contributed by atoms with Gasteiger partial charge in [-0.05, 0) is 61.5 Å². The highest BCUT2D eigenvalue weighted by molar-refractivity contribution is 7.92. The van der Waals surface area contributed by atoms with Crippen LogP contribution >= 0.6 is 0 Å². The predicted octanol–water partition coefficient (Wildman–Crippen LogP) is 4.07. The zero-order valence-electron chi connectivity index (χ0n) is 19.1. The number of nitrogens with zero attached hydrogens (tertiary/aromatic N) is 1. The van der Waals surface area contributed by atoms with Crippen LogP contribution in [0.5, 0.6) is 23.0 Å². The first kappa shape index (κ1) is 23.4. The Hall–Kier alpha value is -3.72. The first-order valence-corrected chi connectivity index (χ1v) is 12.0. The van der Waals surface area contributed by atoms with Gasteiger partial charge in [-0.1, -0.05) is 0 Å². The normalized spacial score (nSPS) is 12.7. The molecule has 0 aromatic heterocycles. The molecule has 0 bridgehead atoms. The lowest BCUT2D eigenvalue weighted by Gasteiger charge is -2.27. The summed E-state index contributed by atoms with van der Waals surface area (Å²) in [6.07, 6.45) is 0. The molecule has 0 saturated heterocycles. The number of hydrogen-bond donors (Lipinski definition) is 0. The largest absolute Gasteiger partial charge is 0.497 e. The number of methoxy groups -OCH3 is 2. The van der Waals surface area contributed by atoms with Crippen LogP contribution in [0.3, 0.4) is 0 Å². The molecule has 0 saturated carbocycles. The molecule has 178 valence electrons. The molecule has 3 aromatic carbocycles. The second-order valence-electron chi connectivity index (χ2n) is 7.60. The number of benzene rings is 3. The molecule has 0 radical (unpaired) electrons. The van der Waals surface area contributed by atoms with Crippen LogP contribution in [0, 0.1) is 0 Å². The Morgan fingerprint density at radius 3 is 2.26 bits per heavy atom. The van der Waals surface area contributed by atoms with Crippen LogP contribution in [0.2, 0.25) is 0 Å². The molecular weight excluding hydrogens is 458 g/mol. The summed E-state index contributed by atoms with van der Waals surface area (Å²) in [6.45, 7) is 2.14. The molecule has 0 spiro atoms. The van der Waals surface area contributed by atoms with E-state index >= 15 is 0 Å². The van der Waals surface area contributed by atoms with Crippen molar-refractivity contribution in [2.24, 2.45) is 0 Å². The van der Waals surface area contributed by atoms with Gasteiger partial charge >= 0.3 is 0 Å². The molecular formula is C25H25NO7S. The van der Waals surface area contributed by atoms with Crippen molar-refractivity contribution >= 4 is 21.5 Å². The average Bonchev–Trinajstić information content (AvgIpc) is 2.86. The molecule has 8 nitrogen and oxygen atoms in total. The molecule has 1 aliphatic heterocycles. The topological polar surface area (TPSA) is 91.4 Å². The van der Waals surface area contributed by atoms with Crippen LogP contribution in [0.1, 0.15) is 22.8 Å². The lowest BCUT2D eigenvalue weighted by atomic mass is 10.1. The van der Waals surface area contributed by atoms with Crippen molar-refractivity contribution in [1.29, 1.82) is 0 Å². The summed E-state index contributed by atoms with van der Waals surface area (Å²) in [5.41, 5.74) is 1.43. The number of carbonyl (C=O) groups is 1. The van der Waals surface area contributed by atoms with E-state index in [1.807, 2.05) is 0 Å². The van der Waals surface area contributed by atoms with Gasteiger partial charge in [-0.15, -0.1) is 0 Å². The minimum Gasteiger partial charge on any atom is -0.497 e. The molecule has 34 heavy (non-hydrogen) atoms. The smallest absolute Gasteiger partial charge is 0.264 e. The lowest BCUT2D eigenvalue weighted by molar-refractivity contribution is 0.101. The van der Waals surface area contributed by atoms with Crippen molar-refractivity contribution in [2.75, 3.05) is 31.7 Å². The summed E-state index contributed by atoms with van der Waals surface area (Å²) >= 11 is 0. The molecule has 0 N–H and O–H groups in total. The Morgan fingerprint density at radius 1 is 0.912 bits per heavy atom. The van der Waals surface area contributed by atoms with Gasteiger partial charge in [0, 0.05) is 17.2 Å². The van der Waals surface area contributed by atoms with Gasteiger partial charge in [0.1, 0.15) is 24.7 Å². The first-order valence-electron chi connectivity index (χ1n) is 10.6. The summed E-state index contributed by atoms with van der Waals surface area (Å²) in [4.78, 5) is 12.0. The summed E-state index contributed by atoms with van der Waals surface area (Å²) < 4.78 is 50.8. The van der Waals surface area contributed by atoms with E-state index in [-0.39, 0.29) is 17.2 Å². The second kappa shape index (κ2) is 9.64. The van der Waals surface area contributed by atoms with Gasteiger partial charge in [0.25, 0.3) is 10.0 Å². The number of carbonyl (C=O) groups excluding carboxylic acids is 1. The number of fused-ring (bicyclic) bond motifs is 1. The predicted molar refractivity (Wildman–Crippen MR) is 127 cm³/mol. The van der Waals surface area contributed by atoms with Gasteiger partial charge in [-0.3, -0.25) is 9.10 Å². The summed E-state index contributed by atoms with van der Waals surface area (Å²) in [6, 6.07) is 16.2. The number of ketones is 1. The van der Waals surface area contributed by atoms with Crippen LogP contribution in [-0.4, -0.2) is 41.6 Å². The first-order chi connectivity index (χ1) is 16.3. The fourth-order valence-electron chi connectivity index (χ4n) is 3.65. The number of rotatable bonds is 8. The maximum absolute atomic E-state index is 13.9. The Kier molecular flexibility index (Phi) is 6.65. The van der Waals surface area contributed by atoms with E-state index in [4.69, 9.17) is 18.9 Å². The monoisotopic (exact) mass is 483 g/mol. The third-order valence-corrected chi connectivity index (χ3v) is 7.23. The van der Waals surface area contributed by atoms with Crippen LogP contribution in [-0.2, 0) is 16.6 Å². The molecule has 1 aliphatic rings. The van der Waals surface area contributed by atoms with Gasteiger partial charge in [-0.2, -0.15) is 0 Å². The van der Waals surface area contributed by atoms with E-state index < -0.39 is 10.0 Å². The average molecular weight is 484 g/mol. The SMILES string of the molecule is COc1ccc(N(Cc2cc(C(C)=O)ccc2OC)S(=O)(=O)c2ccc3c(c2)OCCO3)cc1. The van der Waals surface area contributed by atoms with Crippen LogP contribution in [0.4, 0.5) is 5.69 Å². The maximum Gasteiger partial charge on any atom is 0.264 e. The van der Waals surface area contributed by atoms with Crippen LogP contribution in [0.15, 0.2) is 65.6 Å². The zero-order valence-corrected chi connectivity index (χ0v) is 19.9. The van der Waals surface area contributed by atoms with Crippen molar-refractivity contribution in [1.82, 2.24) is 0 Å². The zero-order chi connectivity index (χ0) is 24.3. The van der Waals surface area contributed by atoms with Gasteiger partial charge in [-0.25, -0.2) is 8.42 Å². The van der Waals surface area contributed by atoms with Crippen LogP contribution < -0.4 is 23.3 Å². The second-order valence-corrected chi connectivity index (χ2v) is 9.46. The molecule has 0 amide bonds. The Labute approximate surface area is 198 Å². The van der Waals surface area contributed by atoms with Crippen molar-refractivity contribution in [3.8, 4) is 23.0 Å². The van der Waals surface area contributed by atoms with E-state index in [1.54, 1.807) is 48.5 Å². The van der Waals surface area contributed by atoms with Crippen molar-refractivity contribution in [3.63, 3.8) is 0 Å². The molecule has 3 aromatic rings. The molecule has 4 rings (SSSR count). The molecule has 0 unspecified atom stereocenters. The summed E-state index contributed by atoms with van der Waals surface area (Å²) in [5.74, 6) is 1.81. The Balaban J connectivity index is 1.82. The van der Waals surface area contributed by atoms with E-state index in [2.05, 4.69) is 0 Å². The highest BCUT2D eigenvalue weighted by Crippen LogP contribution is 2.36. The van der Waals surface area contributed by atoms with E-state index in [9.17, 15) is 13.2 Å². The molecule has 9 heteroatoms. The minimum atomic E-state index is -4.05. The number of anilines is 1. The number of ether oxygens (including phenoxy) is 4. The quantitative estimate of drug-likeness (QED) is 0.446. The lowest BCUT2D eigenvalue weighted by Crippen LogP contribution is -2.31. The highest BCUT2D eigenvalue weighted by Gasteiger charge is 2.28. The molecule has 0 aliphatic carbocycles. The third-order valence-electron chi connectivity index (χ3n) is 5.46. The third kappa shape index (κ3) is 4.65. The maximum atomic E-state index is 13.9. The molecule has 0 fully saturated rings. The fourth-order valence-corrected chi connectivity index (χ4v) is 5.11. The van der Waals surface area contributed by atoms with E-state index in [0.717, 1.165) is 0 Å². The molecule has 1 heterocycles. The Bertz CT molecular complexity index is 1300. The van der Waals surface area contributed by atoms with Crippen molar-refractivity contribution in [3.05, 3.63) is 71.8 Å². The van der Waals surface area contributed by atoms with E-state index in [0.29, 0.717) is 53.0 Å².